The van der Waals surface area contributed by atoms with Crippen LogP contribution < -0.4 is 15.0 Å². The normalized spacial score (nSPS) is 17.4. The molecule has 1 N–H and O–H groups in total. The van der Waals surface area contributed by atoms with Crippen LogP contribution in [-0.2, 0) is 0 Å². The standard InChI is InChI=1S/C25H20N4O4S/c1-32-17-8-6-7-16(15-17)28-24(23(27-25(28)34)19-10-4-5-14-26-19)22-13-12-21(33-22)18-9-2-3-11-20(18)29(30)31/h2-15,23-24H,1H3,(H,27,34). The number of nitro groups is 1. The quantitative estimate of drug-likeness (QED) is 0.225. The summed E-state index contributed by atoms with van der Waals surface area (Å²) in [5.74, 6) is 1.70. The zero-order chi connectivity index (χ0) is 23.7. The maximum absolute atomic E-state index is 11.5. The van der Waals surface area contributed by atoms with E-state index in [0.29, 0.717) is 27.9 Å². The van der Waals surface area contributed by atoms with Crippen LogP contribution in [0.25, 0.3) is 11.3 Å². The molecule has 2 aromatic carbocycles. The number of para-hydroxylation sites is 1. The van der Waals surface area contributed by atoms with Crippen LogP contribution in [0.1, 0.15) is 23.5 Å². The average Bonchev–Trinajstić information content (AvgIpc) is 3.49. The predicted molar refractivity (Wildman–Crippen MR) is 132 cm³/mol. The van der Waals surface area contributed by atoms with E-state index in [2.05, 4.69) is 10.3 Å². The molecule has 8 nitrogen and oxygen atoms in total. The van der Waals surface area contributed by atoms with Crippen molar-refractivity contribution in [3.05, 3.63) is 107 Å². The lowest BCUT2D eigenvalue weighted by Gasteiger charge is -2.26. The number of benzene rings is 2. The van der Waals surface area contributed by atoms with Gasteiger partial charge in [0.2, 0.25) is 0 Å². The number of anilines is 1. The van der Waals surface area contributed by atoms with Gasteiger partial charge in [-0.1, -0.05) is 24.3 Å². The number of hydrogen-bond donors (Lipinski definition) is 1. The number of hydrogen-bond acceptors (Lipinski definition) is 6. The topological polar surface area (TPSA) is 93.7 Å². The van der Waals surface area contributed by atoms with Crippen LogP contribution >= 0.6 is 12.2 Å². The first-order valence-corrected chi connectivity index (χ1v) is 11.0. The van der Waals surface area contributed by atoms with Crippen LogP contribution in [0.15, 0.2) is 89.5 Å². The fraction of sp³-hybridized carbons (Fsp3) is 0.120. The fourth-order valence-corrected chi connectivity index (χ4v) is 4.53. The van der Waals surface area contributed by atoms with Gasteiger partial charge < -0.3 is 19.4 Å². The first-order chi connectivity index (χ1) is 16.6. The summed E-state index contributed by atoms with van der Waals surface area (Å²) in [6, 6.07) is 22.7. The minimum Gasteiger partial charge on any atom is -0.497 e. The van der Waals surface area contributed by atoms with Crippen molar-refractivity contribution in [3.8, 4) is 17.1 Å². The van der Waals surface area contributed by atoms with Gasteiger partial charge in [0, 0.05) is 24.0 Å². The smallest absolute Gasteiger partial charge is 0.280 e. The lowest BCUT2D eigenvalue weighted by Crippen LogP contribution is -2.29. The van der Waals surface area contributed by atoms with Crippen LogP contribution in [0.5, 0.6) is 5.75 Å². The van der Waals surface area contributed by atoms with Gasteiger partial charge in [-0.2, -0.15) is 0 Å². The Bertz CT molecular complexity index is 1360. The first kappa shape index (κ1) is 21.6. The van der Waals surface area contributed by atoms with E-state index in [1.165, 1.54) is 6.07 Å². The van der Waals surface area contributed by atoms with Crippen LogP contribution in [-0.4, -0.2) is 22.1 Å². The van der Waals surface area contributed by atoms with E-state index in [4.69, 9.17) is 21.4 Å². The van der Waals surface area contributed by atoms with Crippen molar-refractivity contribution in [1.82, 2.24) is 10.3 Å². The van der Waals surface area contributed by atoms with E-state index < -0.39 is 4.92 Å². The molecule has 170 valence electrons. The lowest BCUT2D eigenvalue weighted by atomic mass is 10.0. The van der Waals surface area contributed by atoms with E-state index in [1.54, 1.807) is 37.6 Å². The van der Waals surface area contributed by atoms with Gasteiger partial charge in [0.05, 0.1) is 29.3 Å². The molecule has 0 amide bonds. The number of furan rings is 1. The molecule has 2 aromatic heterocycles. The second kappa shape index (κ2) is 8.95. The molecule has 5 rings (SSSR count). The van der Waals surface area contributed by atoms with Crippen molar-refractivity contribution >= 4 is 28.7 Å². The third kappa shape index (κ3) is 3.86. The summed E-state index contributed by atoms with van der Waals surface area (Å²) in [5.41, 5.74) is 2.01. The Balaban J connectivity index is 1.62. The summed E-state index contributed by atoms with van der Waals surface area (Å²) in [4.78, 5) is 17.6. The summed E-state index contributed by atoms with van der Waals surface area (Å²) < 4.78 is 11.7. The molecule has 0 aliphatic carbocycles. The summed E-state index contributed by atoms with van der Waals surface area (Å²) >= 11 is 5.73. The number of nitrogens with zero attached hydrogens (tertiary/aromatic N) is 3. The van der Waals surface area contributed by atoms with Crippen LogP contribution in [0, 0.1) is 10.1 Å². The molecule has 2 atom stereocenters. The van der Waals surface area contributed by atoms with Crippen LogP contribution in [0.4, 0.5) is 11.4 Å². The molecule has 0 saturated carbocycles. The van der Waals surface area contributed by atoms with Crippen LogP contribution in [0.3, 0.4) is 0 Å². The number of nitrogens with one attached hydrogen (secondary N) is 1. The van der Waals surface area contributed by atoms with E-state index in [0.717, 1.165) is 11.4 Å². The molecular formula is C25H20N4O4S. The van der Waals surface area contributed by atoms with Gasteiger partial charge in [-0.15, -0.1) is 0 Å². The molecule has 2 unspecified atom stereocenters. The highest BCUT2D eigenvalue weighted by Gasteiger charge is 2.42. The van der Waals surface area contributed by atoms with Gasteiger partial charge in [-0.05, 0) is 54.7 Å². The molecule has 34 heavy (non-hydrogen) atoms. The molecule has 4 aromatic rings. The Morgan fingerprint density at radius 2 is 1.91 bits per heavy atom. The van der Waals surface area contributed by atoms with E-state index in [9.17, 15) is 10.1 Å². The molecule has 1 aliphatic heterocycles. The highest BCUT2D eigenvalue weighted by atomic mass is 32.1. The zero-order valence-electron chi connectivity index (χ0n) is 18.1. The minimum absolute atomic E-state index is 0.0191. The Labute approximate surface area is 201 Å². The van der Waals surface area contributed by atoms with E-state index in [1.807, 2.05) is 53.4 Å². The molecule has 0 radical (unpaired) electrons. The number of thiocarbonyl (C=S) groups is 1. The van der Waals surface area contributed by atoms with Crippen molar-refractivity contribution in [1.29, 1.82) is 0 Å². The number of methoxy groups -OCH3 is 1. The molecule has 9 heteroatoms. The molecule has 0 spiro atoms. The highest BCUT2D eigenvalue weighted by Crippen LogP contribution is 2.44. The van der Waals surface area contributed by atoms with Crippen molar-refractivity contribution in [2.45, 2.75) is 12.1 Å². The molecule has 3 heterocycles. The summed E-state index contributed by atoms with van der Waals surface area (Å²) in [5, 5.41) is 15.4. The van der Waals surface area contributed by atoms with E-state index >= 15 is 0 Å². The van der Waals surface area contributed by atoms with Gasteiger partial charge in [-0.3, -0.25) is 15.1 Å². The van der Waals surface area contributed by atoms with Gasteiger partial charge in [0.25, 0.3) is 5.69 Å². The number of ether oxygens (including phenoxy) is 1. The Kier molecular flexibility index (Phi) is 5.69. The number of nitro benzene ring substituents is 1. The highest BCUT2D eigenvalue weighted by molar-refractivity contribution is 7.80. The van der Waals surface area contributed by atoms with Gasteiger partial charge in [-0.25, -0.2) is 0 Å². The summed E-state index contributed by atoms with van der Waals surface area (Å²) in [6.45, 7) is 0. The molecule has 1 aliphatic rings. The molecule has 1 saturated heterocycles. The summed E-state index contributed by atoms with van der Waals surface area (Å²) in [6.07, 6.45) is 1.73. The monoisotopic (exact) mass is 472 g/mol. The Hall–Kier alpha value is -4.24. The third-order valence-electron chi connectivity index (χ3n) is 5.71. The van der Waals surface area contributed by atoms with E-state index in [-0.39, 0.29) is 17.8 Å². The first-order valence-electron chi connectivity index (χ1n) is 10.5. The van der Waals surface area contributed by atoms with Crippen molar-refractivity contribution in [3.63, 3.8) is 0 Å². The van der Waals surface area contributed by atoms with Gasteiger partial charge in [0.1, 0.15) is 23.3 Å². The number of rotatable bonds is 6. The van der Waals surface area contributed by atoms with Gasteiger partial charge in [0.15, 0.2) is 5.11 Å². The Morgan fingerprint density at radius 1 is 1.09 bits per heavy atom. The third-order valence-corrected chi connectivity index (χ3v) is 6.03. The second-order valence-corrected chi connectivity index (χ2v) is 8.06. The lowest BCUT2D eigenvalue weighted by molar-refractivity contribution is -0.384. The molecular weight excluding hydrogens is 452 g/mol. The maximum Gasteiger partial charge on any atom is 0.280 e. The Morgan fingerprint density at radius 3 is 2.68 bits per heavy atom. The van der Waals surface area contributed by atoms with Crippen LogP contribution in [0.2, 0.25) is 0 Å². The SMILES string of the molecule is COc1cccc(N2C(=S)NC(c3ccccn3)C2c2ccc(-c3ccccc3[N+](=O)[O-])o2)c1. The predicted octanol–water partition coefficient (Wildman–Crippen LogP) is 5.44. The maximum atomic E-state index is 11.5. The fourth-order valence-electron chi connectivity index (χ4n) is 4.18. The second-order valence-electron chi connectivity index (χ2n) is 7.67. The average molecular weight is 473 g/mol. The minimum atomic E-state index is -0.414. The van der Waals surface area contributed by atoms with Crippen molar-refractivity contribution in [2.24, 2.45) is 0 Å². The number of aromatic nitrogens is 1. The molecule has 1 fully saturated rings. The molecule has 0 bridgehead atoms. The summed E-state index contributed by atoms with van der Waals surface area (Å²) in [7, 11) is 1.61. The number of pyridine rings is 1. The van der Waals surface area contributed by atoms with Gasteiger partial charge >= 0.3 is 0 Å². The van der Waals surface area contributed by atoms with Crippen molar-refractivity contribution in [2.75, 3.05) is 12.0 Å². The van der Waals surface area contributed by atoms with Crippen molar-refractivity contribution < 1.29 is 14.1 Å². The zero-order valence-corrected chi connectivity index (χ0v) is 18.9. The largest absolute Gasteiger partial charge is 0.497 e.